The van der Waals surface area contributed by atoms with Crippen molar-refractivity contribution in [2.75, 3.05) is 18.7 Å². The maximum absolute atomic E-state index is 12.0. The highest BCUT2D eigenvalue weighted by Crippen LogP contribution is 2.29. The smallest absolute Gasteiger partial charge is 0.354 e. The molecule has 2 aromatic rings. The van der Waals surface area contributed by atoms with Crippen LogP contribution in [0, 0.1) is 0 Å². The number of anilines is 1. The lowest BCUT2D eigenvalue weighted by molar-refractivity contribution is -0.132. The largest absolute Gasteiger partial charge is 0.464 e. The van der Waals surface area contributed by atoms with Crippen molar-refractivity contribution in [2.24, 2.45) is 5.10 Å². The molecule has 1 aliphatic rings. The molecule has 0 saturated heterocycles. The van der Waals surface area contributed by atoms with Crippen LogP contribution in [0.1, 0.15) is 11.5 Å². The summed E-state index contributed by atoms with van der Waals surface area (Å²) in [6.45, 7) is 0.637. The fourth-order valence-electron chi connectivity index (χ4n) is 2.50. The van der Waals surface area contributed by atoms with E-state index in [0.717, 1.165) is 11.3 Å². The molecule has 2 aromatic carbocycles. The predicted octanol–water partition coefficient (Wildman–Crippen LogP) is 2.82. The summed E-state index contributed by atoms with van der Waals surface area (Å²) < 4.78 is 4.87. The van der Waals surface area contributed by atoms with Gasteiger partial charge in [0.2, 0.25) is 0 Å². The molecule has 0 aliphatic carbocycles. The minimum Gasteiger partial charge on any atom is -0.464 e. The Morgan fingerprint density at radius 3 is 2.33 bits per heavy atom. The van der Waals surface area contributed by atoms with E-state index in [9.17, 15) is 4.79 Å². The van der Waals surface area contributed by atoms with Gasteiger partial charge in [-0.25, -0.2) is 4.79 Å². The maximum Gasteiger partial charge on any atom is 0.354 e. The lowest BCUT2D eigenvalue weighted by Crippen LogP contribution is -2.23. The molecule has 1 unspecified atom stereocenters. The van der Waals surface area contributed by atoms with Crippen LogP contribution in [0.15, 0.2) is 65.8 Å². The molecule has 4 heteroatoms. The number of esters is 1. The summed E-state index contributed by atoms with van der Waals surface area (Å²) in [5, 5.41) is 6.31. The number of hydrazone groups is 1. The van der Waals surface area contributed by atoms with E-state index in [1.54, 1.807) is 0 Å². The van der Waals surface area contributed by atoms with E-state index in [4.69, 9.17) is 4.74 Å². The molecular formula is C17H16N2O2. The molecule has 0 radical (unpaired) electrons. The normalized spacial score (nSPS) is 17.5. The van der Waals surface area contributed by atoms with E-state index in [-0.39, 0.29) is 11.9 Å². The van der Waals surface area contributed by atoms with Crippen molar-refractivity contribution in [3.05, 3.63) is 66.2 Å². The SMILES string of the molecule is COC(=O)C1=NN(c2ccccc2)CC1c1ccccc1. The molecule has 1 heterocycles. The number of benzene rings is 2. The molecule has 0 aromatic heterocycles. The molecule has 0 bridgehead atoms. The number of para-hydroxylation sites is 1. The first-order valence-electron chi connectivity index (χ1n) is 6.84. The monoisotopic (exact) mass is 280 g/mol. The Kier molecular flexibility index (Phi) is 3.69. The van der Waals surface area contributed by atoms with Crippen LogP contribution in [-0.2, 0) is 9.53 Å². The zero-order chi connectivity index (χ0) is 14.7. The minimum atomic E-state index is -0.373. The van der Waals surface area contributed by atoms with Crippen molar-refractivity contribution < 1.29 is 9.53 Å². The van der Waals surface area contributed by atoms with Crippen LogP contribution in [0.3, 0.4) is 0 Å². The number of hydrogen-bond donors (Lipinski definition) is 0. The summed E-state index contributed by atoms with van der Waals surface area (Å²) in [5.41, 5.74) is 2.49. The van der Waals surface area contributed by atoms with Gasteiger partial charge in [0.25, 0.3) is 0 Å². The third-order valence-corrected chi connectivity index (χ3v) is 3.56. The van der Waals surface area contributed by atoms with Gasteiger partial charge in [0.1, 0.15) is 0 Å². The molecule has 0 amide bonds. The Morgan fingerprint density at radius 2 is 1.71 bits per heavy atom. The molecule has 106 valence electrons. The molecule has 0 fully saturated rings. The van der Waals surface area contributed by atoms with Gasteiger partial charge in [-0.3, -0.25) is 5.01 Å². The van der Waals surface area contributed by atoms with Crippen molar-refractivity contribution in [1.82, 2.24) is 0 Å². The van der Waals surface area contributed by atoms with E-state index < -0.39 is 0 Å². The number of hydrogen-bond acceptors (Lipinski definition) is 4. The standard InChI is InChI=1S/C17H16N2O2/c1-21-17(20)16-15(13-8-4-2-5-9-13)12-19(18-16)14-10-6-3-7-11-14/h2-11,15H,12H2,1H3. The van der Waals surface area contributed by atoms with Crippen LogP contribution < -0.4 is 5.01 Å². The third kappa shape index (κ3) is 2.65. The molecule has 0 spiro atoms. The van der Waals surface area contributed by atoms with E-state index in [0.29, 0.717) is 12.3 Å². The van der Waals surface area contributed by atoms with Gasteiger partial charge in [-0.15, -0.1) is 0 Å². The van der Waals surface area contributed by atoms with Gasteiger partial charge < -0.3 is 4.74 Å². The first-order chi connectivity index (χ1) is 10.3. The zero-order valence-corrected chi connectivity index (χ0v) is 11.8. The van der Waals surface area contributed by atoms with Gasteiger partial charge in [-0.1, -0.05) is 48.5 Å². The van der Waals surface area contributed by atoms with Gasteiger partial charge in [0.05, 0.1) is 25.3 Å². The van der Waals surface area contributed by atoms with Crippen LogP contribution in [0.25, 0.3) is 0 Å². The van der Waals surface area contributed by atoms with Gasteiger partial charge in [-0.05, 0) is 17.7 Å². The fourth-order valence-corrected chi connectivity index (χ4v) is 2.50. The van der Waals surface area contributed by atoms with Crippen LogP contribution in [-0.4, -0.2) is 25.3 Å². The molecule has 1 atom stereocenters. The minimum absolute atomic E-state index is 0.0705. The van der Waals surface area contributed by atoms with Crippen LogP contribution >= 0.6 is 0 Å². The Balaban J connectivity index is 1.95. The fraction of sp³-hybridized carbons (Fsp3) is 0.176. The number of nitrogens with zero attached hydrogens (tertiary/aromatic N) is 2. The molecule has 0 saturated carbocycles. The molecule has 21 heavy (non-hydrogen) atoms. The highest BCUT2D eigenvalue weighted by Gasteiger charge is 2.33. The lowest BCUT2D eigenvalue weighted by Gasteiger charge is -2.16. The molecule has 0 N–H and O–H groups in total. The molecule has 3 rings (SSSR count). The first kappa shape index (κ1) is 13.4. The van der Waals surface area contributed by atoms with Gasteiger partial charge in [-0.2, -0.15) is 5.10 Å². The van der Waals surface area contributed by atoms with E-state index in [1.807, 2.05) is 65.7 Å². The number of rotatable bonds is 3. The quantitative estimate of drug-likeness (QED) is 0.812. The molecular weight excluding hydrogens is 264 g/mol. The van der Waals surface area contributed by atoms with Crippen molar-refractivity contribution in [1.29, 1.82) is 0 Å². The van der Waals surface area contributed by atoms with Crippen molar-refractivity contribution in [3.8, 4) is 0 Å². The predicted molar refractivity (Wildman–Crippen MR) is 82.4 cm³/mol. The maximum atomic E-state index is 12.0. The number of methoxy groups -OCH3 is 1. The summed E-state index contributed by atoms with van der Waals surface area (Å²) in [5.74, 6) is -0.443. The Hall–Kier alpha value is -2.62. The Bertz CT molecular complexity index is 653. The van der Waals surface area contributed by atoms with Gasteiger partial charge in [0.15, 0.2) is 5.71 Å². The summed E-state index contributed by atoms with van der Waals surface area (Å²) in [6, 6.07) is 19.7. The summed E-state index contributed by atoms with van der Waals surface area (Å²) in [7, 11) is 1.39. The van der Waals surface area contributed by atoms with Crippen molar-refractivity contribution in [3.63, 3.8) is 0 Å². The average Bonchev–Trinajstić information content (AvgIpc) is 3.01. The Labute approximate surface area is 123 Å². The summed E-state index contributed by atoms with van der Waals surface area (Å²) in [4.78, 5) is 12.0. The number of carbonyl (C=O) groups is 1. The highest BCUT2D eigenvalue weighted by molar-refractivity contribution is 6.39. The van der Waals surface area contributed by atoms with Crippen LogP contribution in [0.2, 0.25) is 0 Å². The van der Waals surface area contributed by atoms with E-state index >= 15 is 0 Å². The first-order valence-corrected chi connectivity index (χ1v) is 6.84. The Morgan fingerprint density at radius 1 is 1.10 bits per heavy atom. The van der Waals surface area contributed by atoms with E-state index in [2.05, 4.69) is 5.10 Å². The number of ether oxygens (including phenoxy) is 1. The lowest BCUT2D eigenvalue weighted by atomic mass is 9.95. The topological polar surface area (TPSA) is 41.9 Å². The van der Waals surface area contributed by atoms with Gasteiger partial charge in [0, 0.05) is 0 Å². The number of carbonyl (C=O) groups excluding carboxylic acids is 1. The second-order valence-corrected chi connectivity index (χ2v) is 4.86. The zero-order valence-electron chi connectivity index (χ0n) is 11.8. The van der Waals surface area contributed by atoms with E-state index in [1.165, 1.54) is 7.11 Å². The second kappa shape index (κ2) is 5.79. The summed E-state index contributed by atoms with van der Waals surface area (Å²) in [6.07, 6.45) is 0. The molecule has 4 nitrogen and oxygen atoms in total. The third-order valence-electron chi connectivity index (χ3n) is 3.56. The highest BCUT2D eigenvalue weighted by atomic mass is 16.5. The van der Waals surface area contributed by atoms with Crippen molar-refractivity contribution in [2.45, 2.75) is 5.92 Å². The summed E-state index contributed by atoms with van der Waals surface area (Å²) >= 11 is 0. The second-order valence-electron chi connectivity index (χ2n) is 4.86. The van der Waals surface area contributed by atoms with Crippen molar-refractivity contribution >= 4 is 17.4 Å². The van der Waals surface area contributed by atoms with Gasteiger partial charge >= 0.3 is 5.97 Å². The average molecular weight is 280 g/mol. The van der Waals surface area contributed by atoms with Crippen LogP contribution in [0.4, 0.5) is 5.69 Å². The van der Waals surface area contributed by atoms with Crippen LogP contribution in [0.5, 0.6) is 0 Å². The molecule has 1 aliphatic heterocycles.